The summed E-state index contributed by atoms with van der Waals surface area (Å²) in [5, 5.41) is 23.9. The van der Waals surface area contributed by atoms with Crippen molar-refractivity contribution in [3.05, 3.63) is 122 Å². The fourth-order valence-electron chi connectivity index (χ4n) is 6.92. The fourth-order valence-corrected chi connectivity index (χ4v) is 6.92. The van der Waals surface area contributed by atoms with Crippen LogP contribution >= 0.6 is 0 Å². The number of nitrogens with one attached hydrogen (secondary N) is 1. The van der Waals surface area contributed by atoms with Crippen LogP contribution in [-0.2, 0) is 22.6 Å². The summed E-state index contributed by atoms with van der Waals surface area (Å²) in [4.78, 5) is 55.0. The van der Waals surface area contributed by atoms with Gasteiger partial charge in [0.15, 0.2) is 17.3 Å². The highest BCUT2D eigenvalue weighted by molar-refractivity contribution is 5.88. The van der Waals surface area contributed by atoms with Gasteiger partial charge in [-0.2, -0.15) is 0 Å². The minimum atomic E-state index is -0.950. The van der Waals surface area contributed by atoms with E-state index >= 15 is 0 Å². The molecular formula is C36H37N3O8. The number of amides is 2. The maximum atomic E-state index is 14.2. The predicted molar refractivity (Wildman–Crippen MR) is 173 cm³/mol. The number of aromatic nitrogens is 1. The van der Waals surface area contributed by atoms with Crippen LogP contribution in [0.2, 0.25) is 0 Å². The second-order valence-electron chi connectivity index (χ2n) is 12.4. The van der Waals surface area contributed by atoms with Crippen LogP contribution in [-0.4, -0.2) is 57.7 Å². The highest BCUT2D eigenvalue weighted by atomic mass is 16.5. The van der Waals surface area contributed by atoms with E-state index in [2.05, 4.69) is 5.32 Å². The Hall–Kier alpha value is -5.32. The molecule has 11 nitrogen and oxygen atoms in total. The summed E-state index contributed by atoms with van der Waals surface area (Å²) in [5.41, 5.74) is 1.53. The van der Waals surface area contributed by atoms with Gasteiger partial charge in [0.1, 0.15) is 11.8 Å². The van der Waals surface area contributed by atoms with E-state index in [0.29, 0.717) is 25.2 Å². The van der Waals surface area contributed by atoms with Crippen molar-refractivity contribution in [2.45, 2.75) is 50.6 Å². The van der Waals surface area contributed by atoms with E-state index in [1.54, 1.807) is 34.6 Å². The van der Waals surface area contributed by atoms with Gasteiger partial charge in [-0.3, -0.25) is 19.2 Å². The molecule has 2 aromatic carbocycles. The zero-order valence-corrected chi connectivity index (χ0v) is 26.2. The van der Waals surface area contributed by atoms with Gasteiger partial charge in [-0.25, -0.2) is 0 Å². The number of ether oxygens (including phenoxy) is 1. The van der Waals surface area contributed by atoms with Crippen molar-refractivity contribution in [2.75, 3.05) is 20.2 Å². The summed E-state index contributed by atoms with van der Waals surface area (Å²) in [6, 6.07) is 19.4. The molecule has 0 spiro atoms. The van der Waals surface area contributed by atoms with Crippen molar-refractivity contribution in [3.8, 4) is 17.2 Å². The molecule has 4 aromatic rings. The number of rotatable bonds is 9. The summed E-state index contributed by atoms with van der Waals surface area (Å²) >= 11 is 0. The summed E-state index contributed by atoms with van der Waals surface area (Å²) in [5.74, 6) is -2.04. The summed E-state index contributed by atoms with van der Waals surface area (Å²) in [7, 11) is 1.39. The third kappa shape index (κ3) is 6.65. The molecule has 2 aliphatic heterocycles. The summed E-state index contributed by atoms with van der Waals surface area (Å²) in [6.07, 6.45) is 0.843. The molecule has 2 aromatic heterocycles. The average molecular weight is 640 g/mol. The van der Waals surface area contributed by atoms with Crippen LogP contribution in [0.5, 0.6) is 17.2 Å². The summed E-state index contributed by atoms with van der Waals surface area (Å²) in [6.45, 7) is 3.00. The van der Waals surface area contributed by atoms with E-state index in [1.165, 1.54) is 19.2 Å². The standard InChI is InChI=1S/C36H37N3O8/c1-21-13-30(41)34(44)35(47-21)26(24-11-12-29(40)31(16-24)46-2)17-32(42)37-27(15-22-7-4-3-5-8-22)36(45)38-18-23-14-25(20-38)28-9-6-10-33(43)39(28)19-23/h3-13,16,23,25-27,40,44H,14-15,17-20H2,1-2H3,(H,37,42). The number of carbonyl (C=O) groups is 2. The second kappa shape index (κ2) is 13.2. The Morgan fingerprint density at radius 2 is 1.79 bits per heavy atom. The van der Waals surface area contributed by atoms with Crippen molar-refractivity contribution in [2.24, 2.45) is 5.92 Å². The first-order valence-corrected chi connectivity index (χ1v) is 15.6. The van der Waals surface area contributed by atoms with Crippen LogP contribution in [0.1, 0.15) is 53.0 Å². The first kappa shape index (κ1) is 31.7. The van der Waals surface area contributed by atoms with Crippen LogP contribution in [0.4, 0.5) is 0 Å². The first-order chi connectivity index (χ1) is 22.6. The molecule has 2 bridgehead atoms. The number of aromatic hydroxyl groups is 2. The van der Waals surface area contributed by atoms with Gasteiger partial charge in [0.05, 0.1) is 13.0 Å². The number of fused-ring (bicyclic) bond motifs is 4. The number of hydrogen-bond donors (Lipinski definition) is 3. The minimum Gasteiger partial charge on any atom is -0.504 e. The van der Waals surface area contributed by atoms with Crippen LogP contribution < -0.4 is 21.0 Å². The lowest BCUT2D eigenvalue weighted by molar-refractivity contribution is -0.138. The summed E-state index contributed by atoms with van der Waals surface area (Å²) < 4.78 is 12.9. The van der Waals surface area contributed by atoms with Gasteiger partial charge in [-0.15, -0.1) is 0 Å². The van der Waals surface area contributed by atoms with E-state index in [9.17, 15) is 29.4 Å². The Morgan fingerprint density at radius 3 is 2.55 bits per heavy atom. The fraction of sp³-hybridized carbons (Fsp3) is 0.333. The Bertz CT molecular complexity index is 1920. The number of carbonyl (C=O) groups excluding carboxylic acids is 2. The van der Waals surface area contributed by atoms with E-state index in [0.717, 1.165) is 23.7 Å². The Kier molecular flexibility index (Phi) is 8.88. The van der Waals surface area contributed by atoms with Gasteiger partial charge < -0.3 is 34.2 Å². The molecule has 2 aliphatic rings. The van der Waals surface area contributed by atoms with Gasteiger partial charge in [0.2, 0.25) is 23.0 Å². The predicted octanol–water partition coefficient (Wildman–Crippen LogP) is 3.43. The van der Waals surface area contributed by atoms with Crippen molar-refractivity contribution >= 4 is 11.8 Å². The number of piperidine rings is 1. The van der Waals surface area contributed by atoms with Crippen LogP contribution in [0.15, 0.2) is 86.8 Å². The minimum absolute atomic E-state index is 0.00878. The molecule has 3 N–H and O–H groups in total. The number of aryl methyl sites for hydroxylation is 1. The first-order valence-electron chi connectivity index (χ1n) is 15.6. The van der Waals surface area contributed by atoms with E-state index < -0.39 is 29.0 Å². The molecule has 1 saturated heterocycles. The van der Waals surface area contributed by atoms with Crippen LogP contribution in [0.3, 0.4) is 0 Å². The lowest BCUT2D eigenvalue weighted by Crippen LogP contribution is -2.55. The number of hydrogen-bond acceptors (Lipinski definition) is 8. The van der Waals surface area contributed by atoms with Crippen LogP contribution in [0, 0.1) is 12.8 Å². The largest absolute Gasteiger partial charge is 0.504 e. The third-order valence-corrected chi connectivity index (χ3v) is 9.09. The van der Waals surface area contributed by atoms with Crippen LogP contribution in [0.25, 0.3) is 0 Å². The van der Waals surface area contributed by atoms with Gasteiger partial charge in [-0.05, 0) is 48.6 Å². The molecule has 0 radical (unpaired) electrons. The van der Waals surface area contributed by atoms with Crippen molar-refractivity contribution in [1.29, 1.82) is 0 Å². The monoisotopic (exact) mass is 639 g/mol. The second-order valence-corrected chi connectivity index (χ2v) is 12.4. The maximum Gasteiger partial charge on any atom is 0.250 e. The molecule has 1 fully saturated rings. The topological polar surface area (TPSA) is 151 Å². The zero-order chi connectivity index (χ0) is 33.2. The van der Waals surface area contributed by atoms with E-state index in [-0.39, 0.29) is 59.2 Å². The van der Waals surface area contributed by atoms with Gasteiger partial charge in [-0.1, -0.05) is 42.5 Å². The average Bonchev–Trinajstić information content (AvgIpc) is 3.06. The molecule has 244 valence electrons. The normalized spacial score (nSPS) is 18.1. The lowest BCUT2D eigenvalue weighted by Gasteiger charge is -2.43. The zero-order valence-electron chi connectivity index (χ0n) is 26.2. The van der Waals surface area contributed by atoms with Crippen molar-refractivity contribution in [3.63, 3.8) is 0 Å². The number of likely N-dealkylation sites (tertiary alicyclic amines) is 1. The Balaban J connectivity index is 1.29. The molecule has 47 heavy (non-hydrogen) atoms. The number of methoxy groups -OCH3 is 1. The lowest BCUT2D eigenvalue weighted by atomic mass is 9.82. The Labute approximate surface area is 271 Å². The molecule has 4 atom stereocenters. The number of benzene rings is 2. The maximum absolute atomic E-state index is 14.2. The highest BCUT2D eigenvalue weighted by Gasteiger charge is 2.39. The molecule has 4 heterocycles. The van der Waals surface area contributed by atoms with Gasteiger partial charge >= 0.3 is 0 Å². The molecule has 0 saturated carbocycles. The Morgan fingerprint density at radius 1 is 1.00 bits per heavy atom. The molecule has 4 unspecified atom stereocenters. The molecular weight excluding hydrogens is 602 g/mol. The van der Waals surface area contributed by atoms with Gasteiger partial charge in [0.25, 0.3) is 5.56 Å². The molecule has 0 aliphatic carbocycles. The number of phenols is 1. The quantitative estimate of drug-likeness (QED) is 0.252. The van der Waals surface area contributed by atoms with E-state index in [1.807, 2.05) is 36.4 Å². The van der Waals surface area contributed by atoms with E-state index in [4.69, 9.17) is 9.15 Å². The highest BCUT2D eigenvalue weighted by Crippen LogP contribution is 2.38. The number of nitrogens with zero attached hydrogens (tertiary/aromatic N) is 2. The van der Waals surface area contributed by atoms with Gasteiger partial charge in [0, 0.05) is 56.2 Å². The number of pyridine rings is 1. The molecule has 2 amide bonds. The third-order valence-electron chi connectivity index (χ3n) is 9.09. The smallest absolute Gasteiger partial charge is 0.250 e. The SMILES string of the molecule is COc1cc(C(CC(=O)NC(Cc2ccccc2)C(=O)N2CC3CC(C2)c2cccc(=O)n2C3)c2oc(C)cc(=O)c2O)ccc1O. The molecule has 11 heteroatoms. The molecule has 6 rings (SSSR count). The van der Waals surface area contributed by atoms with Crippen molar-refractivity contribution in [1.82, 2.24) is 14.8 Å². The van der Waals surface area contributed by atoms with Crippen molar-refractivity contribution < 1.29 is 29.0 Å². The number of phenolic OH excluding ortho intramolecular Hbond substituents is 1.